The number of benzene rings is 2. The van der Waals surface area contributed by atoms with Crippen molar-refractivity contribution in [2.24, 2.45) is 5.41 Å². The van der Waals surface area contributed by atoms with E-state index >= 15 is 0 Å². The molecule has 0 unspecified atom stereocenters. The maximum atomic E-state index is 12.8. The summed E-state index contributed by atoms with van der Waals surface area (Å²) in [5, 5.41) is 13.4. The largest absolute Gasteiger partial charge is 0.350 e. The molecule has 2 aliphatic rings. The topological polar surface area (TPSA) is 90.6 Å². The number of hydrogen-bond donors (Lipinski definition) is 3. The summed E-state index contributed by atoms with van der Waals surface area (Å²) < 4.78 is 0. The monoisotopic (exact) mass is 446 g/mol. The standard InChI is InChI=1S/C25H23ClN4O2/c1-13-6-7-19(26)18-8-20(28-21(13)18)24(32)27-15-11-25(12-15)9-14(10-25)22-16-4-2-3-5-17(16)23(31)30-29-22/h2-8,14-15,28H,9-12H2,1H3,(H,27,32)(H,30,31). The molecule has 32 heavy (non-hydrogen) atoms. The van der Waals surface area contributed by atoms with E-state index in [4.69, 9.17) is 11.6 Å². The zero-order chi connectivity index (χ0) is 22.0. The predicted molar refractivity (Wildman–Crippen MR) is 125 cm³/mol. The number of aromatic nitrogens is 3. The predicted octanol–water partition coefficient (Wildman–Crippen LogP) is 4.82. The van der Waals surface area contributed by atoms with E-state index in [1.807, 2.05) is 49.4 Å². The van der Waals surface area contributed by atoms with Crippen molar-refractivity contribution in [2.45, 2.75) is 44.6 Å². The number of rotatable bonds is 3. The molecule has 0 aliphatic heterocycles. The summed E-state index contributed by atoms with van der Waals surface area (Å²) in [6, 6.07) is 13.5. The van der Waals surface area contributed by atoms with Crippen LogP contribution in [0.5, 0.6) is 0 Å². The number of nitrogens with zero attached hydrogens (tertiary/aromatic N) is 1. The van der Waals surface area contributed by atoms with Gasteiger partial charge < -0.3 is 10.3 Å². The number of hydrogen-bond acceptors (Lipinski definition) is 3. The van der Waals surface area contributed by atoms with Gasteiger partial charge in [-0.15, -0.1) is 0 Å². The highest BCUT2D eigenvalue weighted by Crippen LogP contribution is 2.62. The van der Waals surface area contributed by atoms with Gasteiger partial charge in [-0.3, -0.25) is 9.59 Å². The van der Waals surface area contributed by atoms with Gasteiger partial charge in [0.05, 0.1) is 16.6 Å². The van der Waals surface area contributed by atoms with Gasteiger partial charge in [-0.05, 0) is 61.8 Å². The van der Waals surface area contributed by atoms with Crippen LogP contribution in [-0.2, 0) is 0 Å². The molecule has 2 aliphatic carbocycles. The van der Waals surface area contributed by atoms with Gasteiger partial charge in [0, 0.05) is 27.8 Å². The van der Waals surface area contributed by atoms with Crippen molar-refractivity contribution in [1.82, 2.24) is 20.5 Å². The van der Waals surface area contributed by atoms with E-state index < -0.39 is 0 Å². The number of carbonyl (C=O) groups excluding carboxylic acids is 1. The average Bonchev–Trinajstić information content (AvgIpc) is 3.20. The Hall–Kier alpha value is -3.12. The van der Waals surface area contributed by atoms with Crippen molar-refractivity contribution < 1.29 is 4.79 Å². The number of aromatic amines is 2. The second-order valence-electron chi connectivity index (χ2n) is 9.50. The first kappa shape index (κ1) is 19.6. The molecule has 2 saturated carbocycles. The summed E-state index contributed by atoms with van der Waals surface area (Å²) in [5.74, 6) is 0.271. The van der Waals surface area contributed by atoms with E-state index in [9.17, 15) is 9.59 Å². The Balaban J connectivity index is 1.12. The molecule has 3 N–H and O–H groups in total. The maximum absolute atomic E-state index is 12.8. The number of amides is 1. The Morgan fingerprint density at radius 3 is 2.59 bits per heavy atom. The number of aryl methyl sites for hydroxylation is 1. The summed E-state index contributed by atoms with van der Waals surface area (Å²) in [5.41, 5.74) is 3.65. The molecular weight excluding hydrogens is 424 g/mol. The molecule has 6 rings (SSSR count). The molecule has 6 nitrogen and oxygen atoms in total. The van der Waals surface area contributed by atoms with Crippen molar-refractivity contribution in [3.63, 3.8) is 0 Å². The molecule has 0 bridgehead atoms. The fourth-order valence-electron chi connectivity index (χ4n) is 5.76. The maximum Gasteiger partial charge on any atom is 0.272 e. The highest BCUT2D eigenvalue weighted by Gasteiger charge is 2.54. The van der Waals surface area contributed by atoms with Crippen LogP contribution in [0.15, 0.2) is 47.3 Å². The van der Waals surface area contributed by atoms with Crippen LogP contribution in [0.3, 0.4) is 0 Å². The first-order valence-electron chi connectivity index (χ1n) is 11.0. The average molecular weight is 447 g/mol. The lowest BCUT2D eigenvalue weighted by Crippen LogP contribution is -2.55. The second kappa shape index (κ2) is 6.94. The molecule has 2 aromatic heterocycles. The molecule has 0 radical (unpaired) electrons. The molecule has 2 heterocycles. The minimum absolute atomic E-state index is 0.0827. The Morgan fingerprint density at radius 1 is 1.09 bits per heavy atom. The SMILES string of the molecule is Cc1ccc(Cl)c2cc(C(=O)NC3CC4(C3)CC(c3n[nH]c(=O)c5ccccc35)C4)[nH]c12. The summed E-state index contributed by atoms with van der Waals surface area (Å²) in [4.78, 5) is 28.1. The summed E-state index contributed by atoms with van der Waals surface area (Å²) in [6.45, 7) is 2.00. The molecule has 1 spiro atoms. The number of H-pyrrole nitrogens is 2. The van der Waals surface area contributed by atoms with Crippen LogP contribution in [0, 0.1) is 12.3 Å². The van der Waals surface area contributed by atoms with Gasteiger partial charge in [0.2, 0.25) is 0 Å². The second-order valence-corrected chi connectivity index (χ2v) is 9.91. The van der Waals surface area contributed by atoms with Crippen LogP contribution < -0.4 is 10.9 Å². The normalized spacial score (nSPS) is 24.4. The van der Waals surface area contributed by atoms with Crippen LogP contribution >= 0.6 is 11.6 Å². The Morgan fingerprint density at radius 2 is 1.84 bits per heavy atom. The first-order chi connectivity index (χ1) is 15.4. The molecule has 0 atom stereocenters. The fraction of sp³-hybridized carbons (Fsp3) is 0.320. The van der Waals surface area contributed by atoms with Gasteiger partial charge >= 0.3 is 0 Å². The molecule has 162 valence electrons. The lowest BCUT2D eigenvalue weighted by Gasteiger charge is -2.57. The highest BCUT2D eigenvalue weighted by molar-refractivity contribution is 6.35. The smallest absolute Gasteiger partial charge is 0.272 e. The first-order valence-corrected chi connectivity index (χ1v) is 11.4. The summed E-state index contributed by atoms with van der Waals surface area (Å²) >= 11 is 6.29. The van der Waals surface area contributed by atoms with E-state index in [-0.39, 0.29) is 22.9 Å². The van der Waals surface area contributed by atoms with Gasteiger partial charge in [-0.2, -0.15) is 5.10 Å². The van der Waals surface area contributed by atoms with Gasteiger partial charge in [-0.1, -0.05) is 35.9 Å². The summed E-state index contributed by atoms with van der Waals surface area (Å²) in [7, 11) is 0. The van der Waals surface area contributed by atoms with Gasteiger partial charge in [0.15, 0.2) is 0 Å². The summed E-state index contributed by atoms with van der Waals surface area (Å²) in [6.07, 6.45) is 4.06. The zero-order valence-electron chi connectivity index (χ0n) is 17.7. The molecule has 2 aromatic carbocycles. The van der Waals surface area contributed by atoms with E-state index in [0.29, 0.717) is 22.0 Å². The van der Waals surface area contributed by atoms with E-state index in [1.165, 1.54) is 0 Å². The fourth-order valence-corrected chi connectivity index (χ4v) is 5.97. The van der Waals surface area contributed by atoms with Crippen molar-refractivity contribution in [3.05, 3.63) is 74.8 Å². The minimum atomic E-state index is -0.140. The molecule has 2 fully saturated rings. The molecule has 4 aromatic rings. The lowest BCUT2D eigenvalue weighted by molar-refractivity contribution is -0.0197. The number of carbonyl (C=O) groups is 1. The Kier molecular flexibility index (Phi) is 4.24. The van der Waals surface area contributed by atoms with Crippen LogP contribution in [-0.4, -0.2) is 27.1 Å². The molecule has 1 amide bonds. The van der Waals surface area contributed by atoms with Gasteiger partial charge in [0.1, 0.15) is 5.69 Å². The molecule has 7 heteroatoms. The molecular formula is C25H23ClN4O2. The van der Waals surface area contributed by atoms with Crippen molar-refractivity contribution >= 4 is 39.2 Å². The van der Waals surface area contributed by atoms with Crippen molar-refractivity contribution in [2.75, 3.05) is 0 Å². The number of fused-ring (bicyclic) bond motifs is 2. The van der Waals surface area contributed by atoms with E-state index in [0.717, 1.165) is 53.2 Å². The van der Waals surface area contributed by atoms with E-state index in [1.54, 1.807) is 0 Å². The van der Waals surface area contributed by atoms with Gasteiger partial charge in [-0.25, -0.2) is 5.10 Å². The zero-order valence-corrected chi connectivity index (χ0v) is 18.4. The third kappa shape index (κ3) is 2.97. The van der Waals surface area contributed by atoms with Crippen molar-refractivity contribution in [3.8, 4) is 0 Å². The molecule has 0 saturated heterocycles. The van der Waals surface area contributed by atoms with Crippen LogP contribution in [0.25, 0.3) is 21.7 Å². The van der Waals surface area contributed by atoms with Gasteiger partial charge in [0.25, 0.3) is 11.5 Å². The Labute approximate surface area is 189 Å². The Bertz CT molecular complexity index is 1400. The number of nitrogens with one attached hydrogen (secondary N) is 3. The number of halogens is 1. The lowest BCUT2D eigenvalue weighted by atomic mass is 9.49. The van der Waals surface area contributed by atoms with Crippen LogP contribution in [0.1, 0.15) is 53.3 Å². The quantitative estimate of drug-likeness (QED) is 0.421. The third-order valence-corrected chi connectivity index (χ3v) is 7.69. The highest BCUT2D eigenvalue weighted by atomic mass is 35.5. The third-order valence-electron chi connectivity index (χ3n) is 7.36. The van der Waals surface area contributed by atoms with Crippen molar-refractivity contribution in [1.29, 1.82) is 0 Å². The van der Waals surface area contributed by atoms with Crippen LogP contribution in [0.4, 0.5) is 0 Å². The van der Waals surface area contributed by atoms with E-state index in [2.05, 4.69) is 20.5 Å². The minimum Gasteiger partial charge on any atom is -0.350 e. The van der Waals surface area contributed by atoms with Crippen LogP contribution in [0.2, 0.25) is 5.02 Å².